The first-order chi connectivity index (χ1) is 9.95. The minimum absolute atomic E-state index is 0.00798. The molecule has 0 aliphatic carbocycles. The third kappa shape index (κ3) is 4.57. The first kappa shape index (κ1) is 16.0. The average Bonchev–Trinajstić information content (AvgIpc) is 2.42. The average molecular weight is 298 g/mol. The van der Waals surface area contributed by atoms with Gasteiger partial charge in [-0.3, -0.25) is 9.69 Å². The Balaban J connectivity index is 1.76. The molecular formula is C14H26N4O3. The normalized spacial score (nSPS) is 28.4. The molecule has 0 aromatic heterocycles. The third-order valence-electron chi connectivity index (χ3n) is 4.44. The van der Waals surface area contributed by atoms with Crippen LogP contribution < -0.4 is 5.32 Å². The van der Waals surface area contributed by atoms with E-state index in [1.807, 2.05) is 4.90 Å². The molecule has 7 nitrogen and oxygen atoms in total. The molecule has 2 aliphatic heterocycles. The van der Waals surface area contributed by atoms with Gasteiger partial charge in [0, 0.05) is 38.8 Å². The third-order valence-corrected chi connectivity index (χ3v) is 4.44. The first-order valence-corrected chi connectivity index (χ1v) is 7.64. The van der Waals surface area contributed by atoms with E-state index in [4.69, 9.17) is 5.11 Å². The molecule has 2 amide bonds. The number of piperidine rings is 1. The van der Waals surface area contributed by atoms with E-state index in [9.17, 15) is 9.59 Å². The molecule has 2 saturated heterocycles. The highest BCUT2D eigenvalue weighted by atomic mass is 16.4. The van der Waals surface area contributed by atoms with Crippen LogP contribution >= 0.6 is 0 Å². The van der Waals surface area contributed by atoms with E-state index in [-0.39, 0.29) is 18.6 Å². The first-order valence-electron chi connectivity index (χ1n) is 7.64. The zero-order valence-corrected chi connectivity index (χ0v) is 12.9. The molecule has 0 bridgehead atoms. The van der Waals surface area contributed by atoms with Crippen molar-refractivity contribution in [2.24, 2.45) is 5.92 Å². The van der Waals surface area contributed by atoms with Gasteiger partial charge in [0.2, 0.25) is 0 Å². The maximum absolute atomic E-state index is 12.3. The van der Waals surface area contributed by atoms with E-state index in [2.05, 4.69) is 24.2 Å². The Kier molecular flexibility index (Phi) is 5.41. The van der Waals surface area contributed by atoms with E-state index in [0.29, 0.717) is 32.1 Å². The molecule has 120 valence electrons. The Hall–Kier alpha value is -1.34. The molecule has 0 saturated carbocycles. The molecule has 2 fully saturated rings. The van der Waals surface area contributed by atoms with Gasteiger partial charge in [-0.2, -0.15) is 0 Å². The van der Waals surface area contributed by atoms with Crippen LogP contribution in [-0.2, 0) is 4.79 Å². The van der Waals surface area contributed by atoms with Crippen LogP contribution in [0.25, 0.3) is 0 Å². The van der Waals surface area contributed by atoms with Gasteiger partial charge in [-0.05, 0) is 25.9 Å². The van der Waals surface area contributed by atoms with Crippen molar-refractivity contribution in [3.05, 3.63) is 0 Å². The number of likely N-dealkylation sites (tertiary alicyclic amines) is 1. The Bertz CT molecular complexity index is 382. The lowest BCUT2D eigenvalue weighted by atomic mass is 9.94. The monoisotopic (exact) mass is 298 g/mol. The number of carbonyl (C=O) groups is 2. The molecule has 0 radical (unpaired) electrons. The van der Waals surface area contributed by atoms with Crippen LogP contribution in [0.2, 0.25) is 0 Å². The van der Waals surface area contributed by atoms with Crippen LogP contribution in [-0.4, -0.2) is 90.7 Å². The number of carbonyl (C=O) groups excluding carboxylic acids is 1. The van der Waals surface area contributed by atoms with Gasteiger partial charge in [0.15, 0.2) is 0 Å². The molecule has 2 heterocycles. The van der Waals surface area contributed by atoms with E-state index in [1.54, 1.807) is 4.90 Å². The van der Waals surface area contributed by atoms with Gasteiger partial charge in [0.05, 0.1) is 6.54 Å². The number of carboxylic acids is 1. The number of nitrogens with zero attached hydrogens (tertiary/aromatic N) is 3. The lowest BCUT2D eigenvalue weighted by Gasteiger charge is -2.38. The maximum Gasteiger partial charge on any atom is 0.317 e. The lowest BCUT2D eigenvalue weighted by Crippen LogP contribution is -2.56. The summed E-state index contributed by atoms with van der Waals surface area (Å²) in [6.07, 6.45) is 0.988. The minimum Gasteiger partial charge on any atom is -0.480 e. The van der Waals surface area contributed by atoms with Crippen molar-refractivity contribution < 1.29 is 14.7 Å². The quantitative estimate of drug-likeness (QED) is 0.751. The zero-order chi connectivity index (χ0) is 15.4. The van der Waals surface area contributed by atoms with Crippen molar-refractivity contribution >= 4 is 12.0 Å². The smallest absolute Gasteiger partial charge is 0.317 e. The Morgan fingerprint density at radius 2 is 1.86 bits per heavy atom. The molecule has 0 aromatic carbocycles. The second kappa shape index (κ2) is 7.09. The molecule has 2 aliphatic rings. The number of amides is 2. The van der Waals surface area contributed by atoms with Crippen LogP contribution in [0, 0.1) is 5.92 Å². The summed E-state index contributed by atoms with van der Waals surface area (Å²) in [5, 5.41) is 11.9. The molecule has 2 unspecified atom stereocenters. The fourth-order valence-corrected chi connectivity index (χ4v) is 3.12. The highest BCUT2D eigenvalue weighted by Crippen LogP contribution is 2.16. The van der Waals surface area contributed by atoms with Gasteiger partial charge in [-0.25, -0.2) is 4.79 Å². The number of nitrogens with one attached hydrogen (secondary N) is 1. The standard InChI is InChI=1S/C14H26N4O3/c1-11-9-16(2)4-3-12(11)15-14(21)18-7-5-17(6-8-18)10-13(19)20/h11-12H,3-10H2,1-2H3,(H,15,21)(H,19,20). The van der Waals surface area contributed by atoms with E-state index in [0.717, 1.165) is 19.5 Å². The number of piperazine rings is 1. The summed E-state index contributed by atoms with van der Waals surface area (Å²) >= 11 is 0. The summed E-state index contributed by atoms with van der Waals surface area (Å²) in [7, 11) is 2.11. The molecule has 0 spiro atoms. The minimum atomic E-state index is -0.812. The van der Waals surface area contributed by atoms with Crippen molar-refractivity contribution in [1.82, 2.24) is 20.0 Å². The number of urea groups is 1. The second-order valence-electron chi connectivity index (χ2n) is 6.24. The largest absolute Gasteiger partial charge is 0.480 e. The number of hydrogen-bond donors (Lipinski definition) is 2. The summed E-state index contributed by atoms with van der Waals surface area (Å²) in [6.45, 7) is 6.71. The second-order valence-corrected chi connectivity index (χ2v) is 6.24. The van der Waals surface area contributed by atoms with Gasteiger partial charge in [0.25, 0.3) is 0 Å². The van der Waals surface area contributed by atoms with Gasteiger partial charge < -0.3 is 20.2 Å². The molecule has 21 heavy (non-hydrogen) atoms. The fraction of sp³-hybridized carbons (Fsp3) is 0.857. The van der Waals surface area contributed by atoms with Crippen LogP contribution in [0.1, 0.15) is 13.3 Å². The predicted octanol–water partition coefficient (Wildman–Crippen LogP) is -0.262. The fourth-order valence-electron chi connectivity index (χ4n) is 3.12. The van der Waals surface area contributed by atoms with Crippen LogP contribution in [0.4, 0.5) is 4.79 Å². The summed E-state index contributed by atoms with van der Waals surface area (Å²) in [5.41, 5.74) is 0. The van der Waals surface area contributed by atoms with E-state index >= 15 is 0 Å². The van der Waals surface area contributed by atoms with Crippen LogP contribution in [0.5, 0.6) is 0 Å². The highest BCUT2D eigenvalue weighted by molar-refractivity contribution is 5.74. The van der Waals surface area contributed by atoms with E-state index < -0.39 is 5.97 Å². The molecule has 7 heteroatoms. The Labute approximate surface area is 125 Å². The summed E-state index contributed by atoms with van der Waals surface area (Å²) in [4.78, 5) is 28.9. The predicted molar refractivity (Wildman–Crippen MR) is 79.2 cm³/mol. The topological polar surface area (TPSA) is 76.1 Å². The number of carboxylic acid groups (broad SMARTS) is 1. The Morgan fingerprint density at radius 1 is 1.19 bits per heavy atom. The van der Waals surface area contributed by atoms with E-state index in [1.165, 1.54) is 0 Å². The highest BCUT2D eigenvalue weighted by Gasteiger charge is 2.28. The van der Waals surface area contributed by atoms with Crippen molar-refractivity contribution in [3.63, 3.8) is 0 Å². The van der Waals surface area contributed by atoms with Gasteiger partial charge >= 0.3 is 12.0 Å². The zero-order valence-electron chi connectivity index (χ0n) is 12.9. The van der Waals surface area contributed by atoms with Crippen molar-refractivity contribution in [2.45, 2.75) is 19.4 Å². The Morgan fingerprint density at radius 3 is 2.43 bits per heavy atom. The number of rotatable bonds is 3. The lowest BCUT2D eigenvalue weighted by molar-refractivity contribution is -0.138. The van der Waals surface area contributed by atoms with Crippen molar-refractivity contribution in [1.29, 1.82) is 0 Å². The summed E-state index contributed by atoms with van der Waals surface area (Å²) in [5.74, 6) is -0.353. The number of hydrogen-bond acceptors (Lipinski definition) is 4. The van der Waals surface area contributed by atoms with Crippen molar-refractivity contribution in [2.75, 3.05) is 52.9 Å². The maximum atomic E-state index is 12.3. The SMILES string of the molecule is CC1CN(C)CCC1NC(=O)N1CCN(CC(=O)O)CC1. The molecule has 2 rings (SSSR count). The number of aliphatic carboxylic acids is 1. The summed E-state index contributed by atoms with van der Waals surface area (Å²) < 4.78 is 0. The molecule has 2 atom stereocenters. The van der Waals surface area contributed by atoms with Gasteiger partial charge in [-0.1, -0.05) is 6.92 Å². The summed E-state index contributed by atoms with van der Waals surface area (Å²) in [6, 6.07) is 0.233. The van der Waals surface area contributed by atoms with Crippen LogP contribution in [0.3, 0.4) is 0 Å². The molecular weight excluding hydrogens is 272 g/mol. The molecule has 0 aromatic rings. The van der Waals surface area contributed by atoms with Gasteiger partial charge in [-0.15, -0.1) is 0 Å². The molecule has 2 N–H and O–H groups in total. The van der Waals surface area contributed by atoms with Gasteiger partial charge in [0.1, 0.15) is 0 Å². The van der Waals surface area contributed by atoms with Crippen molar-refractivity contribution in [3.8, 4) is 0 Å². The van der Waals surface area contributed by atoms with Crippen LogP contribution in [0.15, 0.2) is 0 Å².